The predicted octanol–water partition coefficient (Wildman–Crippen LogP) is 3.00. The van der Waals surface area contributed by atoms with Crippen molar-refractivity contribution in [3.8, 4) is 0 Å². The zero-order valence-electron chi connectivity index (χ0n) is 11.8. The molecule has 1 atom stereocenters. The third-order valence-corrected chi connectivity index (χ3v) is 3.07. The summed E-state index contributed by atoms with van der Waals surface area (Å²) in [4.78, 5) is 15.7. The number of nitrogens with zero attached hydrogens (tertiary/aromatic N) is 1. The maximum absolute atomic E-state index is 11.7. The van der Waals surface area contributed by atoms with Crippen molar-refractivity contribution in [1.82, 2.24) is 10.3 Å². The Morgan fingerprint density at radius 3 is 2.40 bits per heavy atom. The van der Waals surface area contributed by atoms with Gasteiger partial charge in [-0.3, -0.25) is 9.78 Å². The number of aromatic nitrogens is 1. The topological polar surface area (TPSA) is 54.0 Å². The molecule has 2 aromatic rings. The Balaban J connectivity index is 2.02. The van der Waals surface area contributed by atoms with Gasteiger partial charge in [0.05, 0.1) is 0 Å². The molecule has 1 amide bonds. The number of hydrogen-bond acceptors (Lipinski definition) is 3. The molecule has 0 aliphatic carbocycles. The third-order valence-electron chi connectivity index (χ3n) is 3.07. The van der Waals surface area contributed by atoms with E-state index in [0.717, 1.165) is 5.69 Å². The lowest BCUT2D eigenvalue weighted by atomic mass is 10.1. The zero-order chi connectivity index (χ0) is 14.4. The van der Waals surface area contributed by atoms with Crippen LogP contribution >= 0.6 is 0 Å². The van der Waals surface area contributed by atoms with Gasteiger partial charge in [-0.2, -0.15) is 0 Å². The molecule has 0 bridgehead atoms. The summed E-state index contributed by atoms with van der Waals surface area (Å²) in [7, 11) is 0. The van der Waals surface area contributed by atoms with Crippen molar-refractivity contribution in [2.45, 2.75) is 19.9 Å². The Bertz CT molecular complexity index is 552. The number of rotatable bonds is 5. The molecule has 0 fully saturated rings. The van der Waals surface area contributed by atoms with Gasteiger partial charge in [0, 0.05) is 36.2 Å². The second-order valence-electron chi connectivity index (χ2n) is 4.58. The summed E-state index contributed by atoms with van der Waals surface area (Å²) in [5.74, 6) is -0.0405. The summed E-state index contributed by atoms with van der Waals surface area (Å²) in [5.41, 5.74) is 2.84. The van der Waals surface area contributed by atoms with E-state index in [1.54, 1.807) is 12.4 Å². The van der Waals surface area contributed by atoms with Gasteiger partial charge in [-0.15, -0.1) is 0 Å². The highest BCUT2D eigenvalue weighted by Crippen LogP contribution is 2.18. The monoisotopic (exact) mass is 269 g/mol. The Kier molecular flexibility index (Phi) is 4.71. The molecule has 0 radical (unpaired) electrons. The molecule has 0 aliphatic rings. The Hall–Kier alpha value is -2.36. The van der Waals surface area contributed by atoms with Gasteiger partial charge in [0.15, 0.2) is 0 Å². The molecule has 20 heavy (non-hydrogen) atoms. The molecule has 0 saturated carbocycles. The number of anilines is 1. The van der Waals surface area contributed by atoms with E-state index in [4.69, 9.17) is 0 Å². The highest BCUT2D eigenvalue weighted by Gasteiger charge is 2.06. The molecular weight excluding hydrogens is 250 g/mol. The first-order valence-electron chi connectivity index (χ1n) is 6.75. The van der Waals surface area contributed by atoms with Crippen molar-refractivity contribution in [1.29, 1.82) is 0 Å². The van der Waals surface area contributed by atoms with Gasteiger partial charge in [0.1, 0.15) is 0 Å². The van der Waals surface area contributed by atoms with E-state index in [0.29, 0.717) is 12.1 Å². The molecule has 104 valence electrons. The molecule has 1 aromatic carbocycles. The van der Waals surface area contributed by atoms with Crippen LogP contribution in [0.4, 0.5) is 5.69 Å². The van der Waals surface area contributed by atoms with Crippen molar-refractivity contribution in [3.05, 3.63) is 59.9 Å². The van der Waals surface area contributed by atoms with Gasteiger partial charge < -0.3 is 10.6 Å². The van der Waals surface area contributed by atoms with E-state index in [2.05, 4.69) is 22.5 Å². The molecule has 1 unspecified atom stereocenters. The average Bonchev–Trinajstić information content (AvgIpc) is 2.49. The first-order valence-corrected chi connectivity index (χ1v) is 6.75. The molecule has 1 aromatic heterocycles. The maximum Gasteiger partial charge on any atom is 0.251 e. The fourth-order valence-electron chi connectivity index (χ4n) is 1.97. The number of carbonyl (C=O) groups excluding carboxylic acids is 1. The standard InChI is InChI=1S/C16H19N3O/c1-3-18-16(20)14-4-6-15(7-5-14)19-12(2)13-8-10-17-11-9-13/h4-12,19H,3H2,1-2H3,(H,18,20). The van der Waals surface area contributed by atoms with E-state index in [-0.39, 0.29) is 11.9 Å². The average molecular weight is 269 g/mol. The SMILES string of the molecule is CCNC(=O)c1ccc(NC(C)c2ccncc2)cc1. The predicted molar refractivity (Wildman–Crippen MR) is 80.7 cm³/mol. The molecule has 0 spiro atoms. The van der Waals surface area contributed by atoms with Crippen molar-refractivity contribution in [2.24, 2.45) is 0 Å². The van der Waals surface area contributed by atoms with Crippen LogP contribution < -0.4 is 10.6 Å². The van der Waals surface area contributed by atoms with Gasteiger partial charge in [-0.25, -0.2) is 0 Å². The maximum atomic E-state index is 11.7. The molecule has 0 aliphatic heterocycles. The number of benzene rings is 1. The van der Waals surface area contributed by atoms with Crippen LogP contribution in [0.15, 0.2) is 48.8 Å². The van der Waals surface area contributed by atoms with Crippen LogP contribution in [0.3, 0.4) is 0 Å². The quantitative estimate of drug-likeness (QED) is 0.877. The Labute approximate surface area is 119 Å². The highest BCUT2D eigenvalue weighted by molar-refractivity contribution is 5.94. The molecular formula is C16H19N3O. The van der Waals surface area contributed by atoms with Crippen molar-refractivity contribution >= 4 is 11.6 Å². The van der Waals surface area contributed by atoms with Gasteiger partial charge in [-0.05, 0) is 55.8 Å². The summed E-state index contributed by atoms with van der Waals surface area (Å²) >= 11 is 0. The van der Waals surface area contributed by atoms with Crippen molar-refractivity contribution in [3.63, 3.8) is 0 Å². The van der Waals surface area contributed by atoms with Crippen LogP contribution in [-0.2, 0) is 0 Å². The smallest absolute Gasteiger partial charge is 0.251 e. The second-order valence-corrected chi connectivity index (χ2v) is 4.58. The van der Waals surface area contributed by atoms with Crippen LogP contribution in [0.2, 0.25) is 0 Å². The summed E-state index contributed by atoms with van der Waals surface area (Å²) in [5, 5.41) is 6.18. The first kappa shape index (κ1) is 14.1. The molecule has 4 nitrogen and oxygen atoms in total. The van der Waals surface area contributed by atoms with Crippen LogP contribution in [0, 0.1) is 0 Å². The van der Waals surface area contributed by atoms with E-state index >= 15 is 0 Å². The fraction of sp³-hybridized carbons (Fsp3) is 0.250. The van der Waals surface area contributed by atoms with Gasteiger partial charge in [0.2, 0.25) is 0 Å². The van der Waals surface area contributed by atoms with Gasteiger partial charge in [0.25, 0.3) is 5.91 Å². The number of nitrogens with one attached hydrogen (secondary N) is 2. The summed E-state index contributed by atoms with van der Waals surface area (Å²) in [6.45, 7) is 4.63. The molecule has 1 heterocycles. The number of carbonyl (C=O) groups is 1. The zero-order valence-corrected chi connectivity index (χ0v) is 11.8. The summed E-state index contributed by atoms with van der Waals surface area (Å²) < 4.78 is 0. The first-order chi connectivity index (χ1) is 9.70. The number of amides is 1. The summed E-state index contributed by atoms with van der Waals surface area (Å²) in [6.07, 6.45) is 3.57. The van der Waals surface area contributed by atoms with Crippen LogP contribution in [0.5, 0.6) is 0 Å². The minimum absolute atomic E-state index is 0.0405. The Morgan fingerprint density at radius 1 is 1.15 bits per heavy atom. The van der Waals surface area contributed by atoms with Gasteiger partial charge in [-0.1, -0.05) is 0 Å². The minimum atomic E-state index is -0.0405. The Morgan fingerprint density at radius 2 is 1.80 bits per heavy atom. The van der Waals surface area contributed by atoms with Crippen LogP contribution in [0.1, 0.15) is 35.8 Å². The van der Waals surface area contributed by atoms with Gasteiger partial charge >= 0.3 is 0 Å². The minimum Gasteiger partial charge on any atom is -0.379 e. The molecule has 2 rings (SSSR count). The second kappa shape index (κ2) is 6.70. The fourth-order valence-corrected chi connectivity index (χ4v) is 1.97. The van der Waals surface area contributed by atoms with Crippen LogP contribution in [0.25, 0.3) is 0 Å². The largest absolute Gasteiger partial charge is 0.379 e. The third kappa shape index (κ3) is 3.57. The molecule has 0 saturated heterocycles. The van der Waals surface area contributed by atoms with Crippen molar-refractivity contribution < 1.29 is 4.79 Å². The normalized spacial score (nSPS) is 11.7. The van der Waals surface area contributed by atoms with E-state index in [1.165, 1.54) is 5.56 Å². The number of hydrogen-bond donors (Lipinski definition) is 2. The lowest BCUT2D eigenvalue weighted by Crippen LogP contribution is -2.22. The van der Waals surface area contributed by atoms with Crippen LogP contribution in [-0.4, -0.2) is 17.4 Å². The molecule has 4 heteroatoms. The van der Waals surface area contributed by atoms with Crippen molar-refractivity contribution in [2.75, 3.05) is 11.9 Å². The van der Waals surface area contributed by atoms with E-state index < -0.39 is 0 Å². The highest BCUT2D eigenvalue weighted by atomic mass is 16.1. The lowest BCUT2D eigenvalue weighted by Gasteiger charge is -2.15. The summed E-state index contributed by atoms with van der Waals surface area (Å²) in [6, 6.07) is 11.7. The van der Waals surface area contributed by atoms with E-state index in [9.17, 15) is 4.79 Å². The van der Waals surface area contributed by atoms with E-state index in [1.807, 2.05) is 43.3 Å². The number of pyridine rings is 1. The molecule has 2 N–H and O–H groups in total. The lowest BCUT2D eigenvalue weighted by molar-refractivity contribution is 0.0956.